The lowest BCUT2D eigenvalue weighted by Crippen LogP contribution is -2.12. The van der Waals surface area contributed by atoms with Crippen LogP contribution in [-0.4, -0.2) is 18.5 Å². The van der Waals surface area contributed by atoms with Gasteiger partial charge in [0.25, 0.3) is 0 Å². The molecule has 216 valence electrons. The van der Waals surface area contributed by atoms with Crippen molar-refractivity contribution in [2.75, 3.05) is 6.61 Å². The van der Waals surface area contributed by atoms with Gasteiger partial charge in [0.05, 0.1) is 12.2 Å². The molecule has 6 heteroatoms. The standard InChI is InChI=1S/C33H47FO5/c1-4-6-7-8-9-10-11-12-13-14-15-16-23-37-31-22-17-27(25-30(31)34)33(36)39-29-20-18-28(19-21-29)38-32(35)24-26(3)5-2/h17-22,25-26H,4-16,23-24H2,1-3H3/t26-/m0/s1. The van der Waals surface area contributed by atoms with Crippen LogP contribution in [0.2, 0.25) is 0 Å². The molecule has 0 unspecified atom stereocenters. The summed E-state index contributed by atoms with van der Waals surface area (Å²) in [6.07, 6.45) is 16.3. The van der Waals surface area contributed by atoms with Crippen LogP contribution in [0.4, 0.5) is 4.39 Å². The second-order valence-electron chi connectivity index (χ2n) is 10.4. The topological polar surface area (TPSA) is 61.8 Å². The fourth-order valence-electron chi connectivity index (χ4n) is 4.21. The molecule has 2 aromatic rings. The summed E-state index contributed by atoms with van der Waals surface area (Å²) >= 11 is 0. The van der Waals surface area contributed by atoms with Crippen LogP contribution < -0.4 is 14.2 Å². The van der Waals surface area contributed by atoms with Gasteiger partial charge in [-0.2, -0.15) is 0 Å². The Bertz CT molecular complexity index is 973. The maximum Gasteiger partial charge on any atom is 0.343 e. The predicted octanol–water partition coefficient (Wildman–Crippen LogP) is 9.47. The molecule has 0 heterocycles. The molecular formula is C33H47FO5. The number of carbonyl (C=O) groups excluding carboxylic acids is 2. The first kappa shape index (κ1) is 32.3. The number of carbonyl (C=O) groups is 2. The highest BCUT2D eigenvalue weighted by Crippen LogP contribution is 2.23. The maximum atomic E-state index is 14.5. The third-order valence-corrected chi connectivity index (χ3v) is 6.90. The third kappa shape index (κ3) is 13.6. The summed E-state index contributed by atoms with van der Waals surface area (Å²) in [4.78, 5) is 24.4. The van der Waals surface area contributed by atoms with E-state index >= 15 is 0 Å². The minimum Gasteiger partial charge on any atom is -0.491 e. The number of ether oxygens (including phenoxy) is 3. The van der Waals surface area contributed by atoms with Gasteiger partial charge < -0.3 is 14.2 Å². The molecule has 0 aliphatic heterocycles. The molecule has 39 heavy (non-hydrogen) atoms. The summed E-state index contributed by atoms with van der Waals surface area (Å²) in [7, 11) is 0. The summed E-state index contributed by atoms with van der Waals surface area (Å²) < 4.78 is 30.7. The van der Waals surface area contributed by atoms with Gasteiger partial charge in [0.15, 0.2) is 11.6 Å². The van der Waals surface area contributed by atoms with E-state index in [0.29, 0.717) is 18.8 Å². The molecule has 2 rings (SSSR count). The lowest BCUT2D eigenvalue weighted by Gasteiger charge is -2.10. The number of unbranched alkanes of at least 4 members (excludes halogenated alkanes) is 11. The zero-order valence-corrected chi connectivity index (χ0v) is 24.1. The van der Waals surface area contributed by atoms with Gasteiger partial charge in [0.2, 0.25) is 0 Å². The summed E-state index contributed by atoms with van der Waals surface area (Å²) in [5.41, 5.74) is 0.0919. The second-order valence-corrected chi connectivity index (χ2v) is 10.4. The van der Waals surface area contributed by atoms with E-state index in [-0.39, 0.29) is 28.9 Å². The number of rotatable bonds is 20. The monoisotopic (exact) mass is 542 g/mol. The highest BCUT2D eigenvalue weighted by atomic mass is 19.1. The summed E-state index contributed by atoms with van der Waals surface area (Å²) in [6, 6.07) is 10.3. The first-order valence-corrected chi connectivity index (χ1v) is 14.9. The van der Waals surface area contributed by atoms with Crippen molar-refractivity contribution < 1.29 is 28.2 Å². The maximum absolute atomic E-state index is 14.5. The molecule has 2 aromatic carbocycles. The molecule has 0 aliphatic rings. The number of hydrogen-bond donors (Lipinski definition) is 0. The quantitative estimate of drug-likeness (QED) is 0.0947. The van der Waals surface area contributed by atoms with Crippen LogP contribution in [0, 0.1) is 11.7 Å². The van der Waals surface area contributed by atoms with Crippen LogP contribution in [0.3, 0.4) is 0 Å². The molecule has 0 spiro atoms. The number of hydrogen-bond acceptors (Lipinski definition) is 5. The van der Waals surface area contributed by atoms with Crippen molar-refractivity contribution in [1.82, 2.24) is 0 Å². The van der Waals surface area contributed by atoms with Gasteiger partial charge in [-0.1, -0.05) is 97.8 Å². The van der Waals surface area contributed by atoms with Gasteiger partial charge in [0.1, 0.15) is 11.5 Å². The smallest absolute Gasteiger partial charge is 0.343 e. The van der Waals surface area contributed by atoms with E-state index in [9.17, 15) is 14.0 Å². The van der Waals surface area contributed by atoms with Crippen molar-refractivity contribution in [3.8, 4) is 17.2 Å². The highest BCUT2D eigenvalue weighted by Gasteiger charge is 2.14. The van der Waals surface area contributed by atoms with Crippen molar-refractivity contribution in [2.24, 2.45) is 5.92 Å². The van der Waals surface area contributed by atoms with Crippen molar-refractivity contribution in [1.29, 1.82) is 0 Å². The Morgan fingerprint density at radius 1 is 0.744 bits per heavy atom. The average molecular weight is 543 g/mol. The summed E-state index contributed by atoms with van der Waals surface area (Å²) in [5, 5.41) is 0. The Labute approximate surface area is 234 Å². The lowest BCUT2D eigenvalue weighted by molar-refractivity contribution is -0.135. The van der Waals surface area contributed by atoms with E-state index in [2.05, 4.69) is 6.92 Å². The third-order valence-electron chi connectivity index (χ3n) is 6.90. The molecule has 0 N–H and O–H groups in total. The molecule has 0 aromatic heterocycles. The summed E-state index contributed by atoms with van der Waals surface area (Å²) in [6.45, 7) is 6.71. The fraction of sp³-hybridized carbons (Fsp3) is 0.576. The van der Waals surface area contributed by atoms with Crippen LogP contribution in [0.1, 0.15) is 121 Å². The molecule has 0 aliphatic carbocycles. The van der Waals surface area contributed by atoms with Crippen LogP contribution in [0.15, 0.2) is 42.5 Å². The minimum atomic E-state index is -0.678. The SMILES string of the molecule is CCCCCCCCCCCCCCOc1ccc(C(=O)Oc2ccc(OC(=O)C[C@@H](C)CC)cc2)cc1F. The number of benzene rings is 2. The molecule has 5 nitrogen and oxygen atoms in total. The lowest BCUT2D eigenvalue weighted by atomic mass is 10.1. The molecule has 0 saturated heterocycles. The molecule has 0 saturated carbocycles. The Balaban J connectivity index is 1.64. The van der Waals surface area contributed by atoms with Gasteiger partial charge in [-0.05, 0) is 54.8 Å². The van der Waals surface area contributed by atoms with Crippen molar-refractivity contribution in [3.05, 3.63) is 53.8 Å². The Kier molecular flexibility index (Phi) is 15.9. The van der Waals surface area contributed by atoms with Gasteiger partial charge in [0, 0.05) is 6.42 Å². The molecular weight excluding hydrogens is 495 g/mol. The zero-order chi connectivity index (χ0) is 28.3. The van der Waals surface area contributed by atoms with E-state index in [4.69, 9.17) is 14.2 Å². The zero-order valence-electron chi connectivity index (χ0n) is 24.1. The average Bonchev–Trinajstić information content (AvgIpc) is 2.92. The first-order valence-electron chi connectivity index (χ1n) is 14.9. The van der Waals surface area contributed by atoms with Crippen LogP contribution in [-0.2, 0) is 4.79 Å². The van der Waals surface area contributed by atoms with Gasteiger partial charge in [-0.15, -0.1) is 0 Å². The summed E-state index contributed by atoms with van der Waals surface area (Å²) in [5.74, 6) is -0.527. The molecule has 0 radical (unpaired) electrons. The van der Waals surface area contributed by atoms with E-state index in [0.717, 1.165) is 25.3 Å². The van der Waals surface area contributed by atoms with Crippen molar-refractivity contribution >= 4 is 11.9 Å². The van der Waals surface area contributed by atoms with E-state index in [1.54, 1.807) is 12.1 Å². The van der Waals surface area contributed by atoms with Crippen molar-refractivity contribution in [2.45, 2.75) is 111 Å². The van der Waals surface area contributed by atoms with Crippen LogP contribution >= 0.6 is 0 Å². The Morgan fingerprint density at radius 3 is 1.82 bits per heavy atom. The van der Waals surface area contributed by atoms with Gasteiger partial charge >= 0.3 is 11.9 Å². The predicted molar refractivity (Wildman–Crippen MR) is 154 cm³/mol. The Morgan fingerprint density at radius 2 is 1.28 bits per heavy atom. The Hall–Kier alpha value is -2.89. The van der Waals surface area contributed by atoms with E-state index in [1.807, 2.05) is 13.8 Å². The molecule has 0 fully saturated rings. The first-order chi connectivity index (χ1) is 18.9. The fourth-order valence-corrected chi connectivity index (χ4v) is 4.21. The van der Waals surface area contributed by atoms with Crippen LogP contribution in [0.25, 0.3) is 0 Å². The van der Waals surface area contributed by atoms with Crippen molar-refractivity contribution in [3.63, 3.8) is 0 Å². The van der Waals surface area contributed by atoms with Gasteiger partial charge in [-0.3, -0.25) is 4.79 Å². The molecule has 0 amide bonds. The second kappa shape index (κ2) is 19.2. The normalized spacial score (nSPS) is 11.7. The number of esters is 2. The molecule has 1 atom stereocenters. The highest BCUT2D eigenvalue weighted by molar-refractivity contribution is 5.91. The number of halogens is 1. The van der Waals surface area contributed by atoms with Gasteiger partial charge in [-0.25, -0.2) is 9.18 Å². The van der Waals surface area contributed by atoms with E-state index in [1.165, 1.54) is 88.5 Å². The largest absolute Gasteiger partial charge is 0.491 e. The molecule has 0 bridgehead atoms. The van der Waals surface area contributed by atoms with E-state index < -0.39 is 11.8 Å². The van der Waals surface area contributed by atoms with Crippen LogP contribution in [0.5, 0.6) is 17.2 Å². The minimum absolute atomic E-state index is 0.0919.